The van der Waals surface area contributed by atoms with E-state index in [1.54, 1.807) is 12.1 Å². The third-order valence-corrected chi connectivity index (χ3v) is 7.92. The van der Waals surface area contributed by atoms with Gasteiger partial charge in [-0.3, -0.25) is 0 Å². The number of fused-ring (bicyclic) bond motifs is 1. The maximum Gasteiger partial charge on any atom is 1.00 e. The Labute approximate surface area is 225 Å². The van der Waals surface area contributed by atoms with E-state index in [2.05, 4.69) is 17.6 Å². The summed E-state index contributed by atoms with van der Waals surface area (Å²) < 4.78 is 35.8. The van der Waals surface area contributed by atoms with Crippen LogP contribution in [0.3, 0.4) is 0 Å². The molecule has 0 fully saturated rings. The van der Waals surface area contributed by atoms with Gasteiger partial charge in [-0.1, -0.05) is 122 Å². The molecule has 0 aliphatic carbocycles. The zero-order valence-electron chi connectivity index (χ0n) is 21.2. The number of para-hydroxylation sites is 2. The maximum atomic E-state index is 11.9. The van der Waals surface area contributed by atoms with Gasteiger partial charge in [0.15, 0.2) is 0 Å². The van der Waals surface area contributed by atoms with E-state index in [1.807, 2.05) is 12.1 Å². The molecule has 1 aliphatic rings. The zero-order valence-corrected chi connectivity index (χ0v) is 24.0. The molecule has 0 unspecified atom stereocenters. The van der Waals surface area contributed by atoms with Gasteiger partial charge in [0.1, 0.15) is 10.1 Å². The quantitative estimate of drug-likeness (QED) is 0.167. The van der Waals surface area contributed by atoms with Gasteiger partial charge in [0.2, 0.25) is 4.99 Å². The van der Waals surface area contributed by atoms with Crippen molar-refractivity contribution < 1.29 is 42.5 Å². The molecule has 0 amide bonds. The van der Waals surface area contributed by atoms with E-state index in [-0.39, 0.29) is 36.0 Å². The van der Waals surface area contributed by atoms with Gasteiger partial charge in [-0.25, -0.2) is 8.42 Å². The Morgan fingerprint density at radius 1 is 0.667 bits per heavy atom. The molecule has 33 heavy (non-hydrogen) atoms. The van der Waals surface area contributed by atoms with E-state index in [0.717, 1.165) is 12.8 Å². The summed E-state index contributed by atoms with van der Waals surface area (Å²) in [6.45, 7) is 2.27. The molecule has 1 aliphatic heterocycles. The Kier molecular flexibility index (Phi) is 16.0. The van der Waals surface area contributed by atoms with Crippen molar-refractivity contribution in [3.63, 3.8) is 0 Å². The summed E-state index contributed by atoms with van der Waals surface area (Å²) in [6, 6.07) is 7.25. The summed E-state index contributed by atoms with van der Waals surface area (Å²) in [6.07, 6.45) is 22.1. The average Bonchev–Trinajstić information content (AvgIpc) is 3.16. The number of rotatable bonds is 19. The molecule has 2 N–H and O–H groups in total. The van der Waals surface area contributed by atoms with Gasteiger partial charge in [-0.2, -0.15) is 0 Å². The molecule has 0 spiro atoms. The molecular weight excluding hydrogens is 443 g/mol. The first-order valence-electron chi connectivity index (χ1n) is 13.1. The fourth-order valence-corrected chi connectivity index (χ4v) is 5.51. The second-order valence-electron chi connectivity index (χ2n) is 9.48. The first-order valence-corrected chi connectivity index (χ1v) is 14.5. The Balaban J connectivity index is 0.00000544. The number of nitrogens with one attached hydrogen (secondary N) is 2. The number of benzene rings is 1. The fourth-order valence-electron chi connectivity index (χ4n) is 4.64. The van der Waals surface area contributed by atoms with Gasteiger partial charge in [0.25, 0.3) is 0 Å². The van der Waals surface area contributed by atoms with Gasteiger partial charge < -0.3 is 15.2 Å². The second-order valence-corrected chi connectivity index (χ2v) is 11.1. The standard InChI is InChI=1S/C26H46N2O3S.Na/c1-2-3-4-5-6-7-8-9-10-11-12-13-14-15-16-17-20-23-26(32(29,30)31)27-24-21-18-19-22-25(24)28-26;/h18-19,21-22,27-28H,2-17,20,23H2,1H3,(H,29,30,31);/q;+1/p-1. The van der Waals surface area contributed by atoms with Gasteiger partial charge >= 0.3 is 29.6 Å². The molecule has 0 radical (unpaired) electrons. The second kappa shape index (κ2) is 17.2. The number of hydrogen-bond acceptors (Lipinski definition) is 5. The van der Waals surface area contributed by atoms with Crippen molar-refractivity contribution >= 4 is 21.5 Å². The van der Waals surface area contributed by atoms with Crippen LogP contribution >= 0.6 is 0 Å². The van der Waals surface area contributed by atoms with Crippen molar-refractivity contribution in [2.45, 2.75) is 127 Å². The first kappa shape index (κ1) is 30.8. The Morgan fingerprint density at radius 3 is 1.33 bits per heavy atom. The largest absolute Gasteiger partial charge is 1.00 e. The molecule has 1 aromatic rings. The normalized spacial score (nSPS) is 14.2. The summed E-state index contributed by atoms with van der Waals surface area (Å²) in [5.41, 5.74) is 1.36. The van der Waals surface area contributed by atoms with Crippen LogP contribution in [0.5, 0.6) is 0 Å². The van der Waals surface area contributed by atoms with E-state index in [4.69, 9.17) is 0 Å². The molecule has 0 aromatic heterocycles. The SMILES string of the molecule is CCCCCCCCCCCCCCCCCCCC1(S(=O)(=O)[O-])Nc2ccccc2N1.[Na+]. The molecule has 0 saturated heterocycles. The van der Waals surface area contributed by atoms with Crippen LogP contribution in [0.15, 0.2) is 24.3 Å². The summed E-state index contributed by atoms with van der Waals surface area (Å²) in [7, 11) is -4.53. The number of unbranched alkanes of at least 4 members (excludes halogenated alkanes) is 16. The minimum atomic E-state index is -4.53. The minimum absolute atomic E-state index is 0. The monoisotopic (exact) mass is 488 g/mol. The molecule has 0 saturated carbocycles. The van der Waals surface area contributed by atoms with Gasteiger partial charge in [0, 0.05) is 6.42 Å². The first-order chi connectivity index (χ1) is 15.5. The Hall–Kier alpha value is -0.270. The predicted octanol–water partition coefficient (Wildman–Crippen LogP) is 4.77. The molecule has 5 nitrogen and oxygen atoms in total. The van der Waals surface area contributed by atoms with Crippen molar-refractivity contribution in [2.24, 2.45) is 0 Å². The molecule has 0 atom stereocenters. The van der Waals surface area contributed by atoms with Crippen LogP contribution in [0.25, 0.3) is 0 Å². The van der Waals surface area contributed by atoms with Crippen molar-refractivity contribution in [2.75, 3.05) is 10.6 Å². The zero-order chi connectivity index (χ0) is 23.1. The van der Waals surface area contributed by atoms with E-state index < -0.39 is 15.1 Å². The van der Waals surface area contributed by atoms with E-state index in [1.165, 1.54) is 89.9 Å². The van der Waals surface area contributed by atoms with Gasteiger partial charge in [-0.05, 0) is 18.6 Å². The summed E-state index contributed by atoms with van der Waals surface area (Å²) in [5, 5.41) is 5.86. The van der Waals surface area contributed by atoms with E-state index in [9.17, 15) is 13.0 Å². The molecule has 184 valence electrons. The minimum Gasteiger partial charge on any atom is -0.745 e. The summed E-state index contributed by atoms with van der Waals surface area (Å²) in [5.74, 6) is 0. The van der Waals surface area contributed by atoms with E-state index >= 15 is 0 Å². The smallest absolute Gasteiger partial charge is 0.745 e. The van der Waals surface area contributed by atoms with Crippen molar-refractivity contribution in [1.82, 2.24) is 0 Å². The number of anilines is 2. The third kappa shape index (κ3) is 11.3. The Morgan fingerprint density at radius 2 is 1.00 bits per heavy atom. The molecular formula is C26H45N2NaO3S. The van der Waals surface area contributed by atoms with Crippen LogP contribution in [0, 0.1) is 0 Å². The van der Waals surface area contributed by atoms with Crippen LogP contribution in [-0.4, -0.2) is 18.0 Å². The van der Waals surface area contributed by atoms with Crippen LogP contribution < -0.4 is 40.2 Å². The van der Waals surface area contributed by atoms with Gasteiger partial charge in [-0.15, -0.1) is 0 Å². The maximum absolute atomic E-state index is 11.9. The van der Waals surface area contributed by atoms with Crippen LogP contribution in [0.1, 0.15) is 122 Å². The third-order valence-electron chi connectivity index (χ3n) is 6.66. The molecule has 2 rings (SSSR count). The molecule has 1 heterocycles. The molecule has 1 aromatic carbocycles. The van der Waals surface area contributed by atoms with Crippen molar-refractivity contribution in [1.29, 1.82) is 0 Å². The van der Waals surface area contributed by atoms with Crippen molar-refractivity contribution in [3.8, 4) is 0 Å². The van der Waals surface area contributed by atoms with E-state index in [0.29, 0.717) is 17.8 Å². The molecule has 7 heteroatoms. The average molecular weight is 489 g/mol. The predicted molar refractivity (Wildman–Crippen MR) is 135 cm³/mol. The fraction of sp³-hybridized carbons (Fsp3) is 0.769. The van der Waals surface area contributed by atoms with Crippen LogP contribution in [0.2, 0.25) is 0 Å². The number of hydrogen-bond donors (Lipinski definition) is 2. The van der Waals surface area contributed by atoms with Crippen molar-refractivity contribution in [3.05, 3.63) is 24.3 Å². The summed E-state index contributed by atoms with van der Waals surface area (Å²) >= 11 is 0. The summed E-state index contributed by atoms with van der Waals surface area (Å²) in [4.78, 5) is -1.60. The van der Waals surface area contributed by atoms with Gasteiger partial charge in [0.05, 0.1) is 11.4 Å². The Bertz CT molecular complexity index is 718. The van der Waals surface area contributed by atoms with Crippen LogP contribution in [-0.2, 0) is 10.1 Å². The molecule has 0 bridgehead atoms. The topological polar surface area (TPSA) is 81.3 Å². The van der Waals surface area contributed by atoms with Crippen LogP contribution in [0.4, 0.5) is 11.4 Å².